The van der Waals surface area contributed by atoms with E-state index in [0.717, 1.165) is 0 Å². The minimum Gasteiger partial charge on any atom is -0.460 e. The maximum absolute atomic E-state index is 13.0. The zero-order valence-electron chi connectivity index (χ0n) is 16.4. The fraction of sp³-hybridized carbons (Fsp3) is 0.667. The van der Waals surface area contributed by atoms with E-state index in [1.165, 1.54) is 19.9 Å². The van der Waals surface area contributed by atoms with Gasteiger partial charge in [-0.2, -0.15) is 0 Å². The van der Waals surface area contributed by atoms with Crippen molar-refractivity contribution in [2.45, 2.75) is 51.5 Å². The molecule has 1 rings (SSSR count). The molecule has 1 aliphatic rings. The Hall–Kier alpha value is -1.91. The van der Waals surface area contributed by atoms with Crippen molar-refractivity contribution in [3.05, 3.63) is 12.7 Å². The lowest BCUT2D eigenvalue weighted by Gasteiger charge is -2.37. The van der Waals surface area contributed by atoms with E-state index in [9.17, 15) is 29.4 Å². The fourth-order valence-corrected chi connectivity index (χ4v) is 4.00. The van der Waals surface area contributed by atoms with Gasteiger partial charge in [-0.25, -0.2) is 4.79 Å². The molecule has 1 fully saturated rings. The van der Waals surface area contributed by atoms with Crippen LogP contribution in [0.4, 0.5) is 0 Å². The molecule has 0 aliphatic carbocycles. The highest BCUT2D eigenvalue weighted by atomic mass is 32.2. The Labute approximate surface area is 168 Å². The van der Waals surface area contributed by atoms with Crippen LogP contribution in [0.5, 0.6) is 0 Å². The zero-order chi connectivity index (χ0) is 21.6. The standard InChI is InChI=1S/C18H28N2O7S/c1-6-7-27-16(25)12(19-11(5)21)8-28-17(26)18(13(22)9(2)3)14(23)10(4)15(24)20-18/h6,9-10,12-14,22-23H,1,7-8H2,2-5H3,(H,19,21)(H,20,24)/t10-,12-,13-,14+,18+/m1/s1. The van der Waals surface area contributed by atoms with Crippen LogP contribution in [0.3, 0.4) is 0 Å². The molecule has 158 valence electrons. The van der Waals surface area contributed by atoms with Crippen molar-refractivity contribution in [1.29, 1.82) is 0 Å². The van der Waals surface area contributed by atoms with Crippen LogP contribution in [0.2, 0.25) is 0 Å². The van der Waals surface area contributed by atoms with Crippen molar-refractivity contribution in [2.75, 3.05) is 12.4 Å². The lowest BCUT2D eigenvalue weighted by Crippen LogP contribution is -2.64. The Kier molecular flexibility index (Phi) is 8.65. The number of carbonyl (C=O) groups is 4. The molecule has 0 saturated carbocycles. The largest absolute Gasteiger partial charge is 0.460 e. The van der Waals surface area contributed by atoms with Gasteiger partial charge in [0.15, 0.2) is 5.54 Å². The summed E-state index contributed by atoms with van der Waals surface area (Å²) in [5, 5.41) is 25.3. The Balaban J connectivity index is 3.03. The Bertz CT molecular complexity index is 639. The van der Waals surface area contributed by atoms with Gasteiger partial charge in [-0.15, -0.1) is 0 Å². The van der Waals surface area contributed by atoms with E-state index in [2.05, 4.69) is 17.2 Å². The molecular formula is C18H28N2O7S. The van der Waals surface area contributed by atoms with Crippen molar-refractivity contribution in [3.8, 4) is 0 Å². The van der Waals surface area contributed by atoms with Gasteiger partial charge in [-0.3, -0.25) is 14.4 Å². The van der Waals surface area contributed by atoms with Crippen LogP contribution < -0.4 is 10.6 Å². The fourth-order valence-electron chi connectivity index (χ4n) is 2.93. The highest BCUT2D eigenvalue weighted by Gasteiger charge is 2.60. The number of aliphatic hydroxyl groups is 2. The normalized spacial score (nSPS) is 26.3. The van der Waals surface area contributed by atoms with Gasteiger partial charge in [0.1, 0.15) is 12.6 Å². The second-order valence-electron chi connectivity index (χ2n) is 7.05. The smallest absolute Gasteiger partial charge is 0.329 e. The molecule has 10 heteroatoms. The SMILES string of the molecule is C=CCOC(=O)[C@@H](CSC(=O)[C@@]1([C@H](O)C(C)C)NC(=O)[C@H](C)[C@@H]1O)NC(C)=O. The summed E-state index contributed by atoms with van der Waals surface area (Å²) in [6.07, 6.45) is -1.42. The quantitative estimate of drug-likeness (QED) is 0.287. The van der Waals surface area contributed by atoms with Crippen LogP contribution in [0.25, 0.3) is 0 Å². The molecule has 4 N–H and O–H groups in total. The number of carbonyl (C=O) groups excluding carboxylic acids is 4. The van der Waals surface area contributed by atoms with Crippen molar-refractivity contribution in [3.63, 3.8) is 0 Å². The van der Waals surface area contributed by atoms with Gasteiger partial charge < -0.3 is 25.6 Å². The number of esters is 1. The summed E-state index contributed by atoms with van der Waals surface area (Å²) in [6.45, 7) is 9.34. The molecule has 5 atom stereocenters. The number of ether oxygens (including phenoxy) is 1. The maximum Gasteiger partial charge on any atom is 0.329 e. The van der Waals surface area contributed by atoms with E-state index in [-0.39, 0.29) is 12.4 Å². The molecule has 0 radical (unpaired) electrons. The number of hydrogen-bond donors (Lipinski definition) is 4. The third kappa shape index (κ3) is 5.12. The van der Waals surface area contributed by atoms with E-state index < -0.39 is 58.5 Å². The summed E-state index contributed by atoms with van der Waals surface area (Å²) in [4.78, 5) is 48.5. The molecule has 9 nitrogen and oxygen atoms in total. The predicted octanol–water partition coefficient (Wildman–Crippen LogP) is -0.637. The minimum atomic E-state index is -1.90. The predicted molar refractivity (Wildman–Crippen MR) is 103 cm³/mol. The van der Waals surface area contributed by atoms with Crippen molar-refractivity contribution < 1.29 is 34.1 Å². The van der Waals surface area contributed by atoms with E-state index >= 15 is 0 Å². The second-order valence-corrected chi connectivity index (χ2v) is 8.04. The molecule has 2 amide bonds. The van der Waals surface area contributed by atoms with Gasteiger partial charge in [-0.1, -0.05) is 45.2 Å². The third-order valence-corrected chi connectivity index (χ3v) is 5.61. The monoisotopic (exact) mass is 416 g/mol. The molecule has 0 aromatic carbocycles. The first kappa shape index (κ1) is 24.1. The first-order chi connectivity index (χ1) is 13.0. The molecule has 1 aliphatic heterocycles. The molecule has 0 bridgehead atoms. The zero-order valence-corrected chi connectivity index (χ0v) is 17.2. The van der Waals surface area contributed by atoms with E-state index in [1.54, 1.807) is 13.8 Å². The first-order valence-electron chi connectivity index (χ1n) is 8.89. The average Bonchev–Trinajstić information content (AvgIpc) is 2.86. The highest BCUT2D eigenvalue weighted by molar-refractivity contribution is 8.13. The Morgan fingerprint density at radius 1 is 1.43 bits per heavy atom. The Morgan fingerprint density at radius 3 is 2.46 bits per heavy atom. The number of amides is 2. The van der Waals surface area contributed by atoms with Gasteiger partial charge >= 0.3 is 5.97 Å². The van der Waals surface area contributed by atoms with Crippen molar-refractivity contribution >= 4 is 34.7 Å². The topological polar surface area (TPSA) is 142 Å². The summed E-state index contributed by atoms with van der Waals surface area (Å²) in [6, 6.07) is -1.12. The van der Waals surface area contributed by atoms with Crippen LogP contribution in [0.15, 0.2) is 12.7 Å². The molecule has 0 spiro atoms. The summed E-state index contributed by atoms with van der Waals surface area (Å²) < 4.78 is 4.91. The summed E-state index contributed by atoms with van der Waals surface area (Å²) in [7, 11) is 0. The molecule has 0 unspecified atom stereocenters. The summed E-state index contributed by atoms with van der Waals surface area (Å²) in [5.74, 6) is -3.32. The molecule has 1 saturated heterocycles. The summed E-state index contributed by atoms with van der Waals surface area (Å²) >= 11 is 0.623. The number of thioether (sulfide) groups is 1. The van der Waals surface area contributed by atoms with Crippen LogP contribution in [0.1, 0.15) is 27.7 Å². The van der Waals surface area contributed by atoms with Gasteiger partial charge in [0, 0.05) is 12.7 Å². The van der Waals surface area contributed by atoms with Gasteiger partial charge in [0.05, 0.1) is 18.1 Å². The average molecular weight is 416 g/mol. The van der Waals surface area contributed by atoms with Gasteiger partial charge in [0.25, 0.3) is 0 Å². The molecular weight excluding hydrogens is 388 g/mol. The third-order valence-electron chi connectivity index (χ3n) is 4.51. The lowest BCUT2D eigenvalue weighted by molar-refractivity contribution is -0.145. The Morgan fingerprint density at radius 2 is 2.04 bits per heavy atom. The van der Waals surface area contributed by atoms with Crippen LogP contribution in [-0.4, -0.2) is 69.3 Å². The number of nitrogens with one attached hydrogen (secondary N) is 2. The van der Waals surface area contributed by atoms with Crippen molar-refractivity contribution in [1.82, 2.24) is 10.6 Å². The van der Waals surface area contributed by atoms with Crippen LogP contribution in [0, 0.1) is 11.8 Å². The van der Waals surface area contributed by atoms with Crippen molar-refractivity contribution in [2.24, 2.45) is 11.8 Å². The van der Waals surface area contributed by atoms with E-state index in [1.807, 2.05) is 0 Å². The maximum atomic E-state index is 13.0. The summed E-state index contributed by atoms with van der Waals surface area (Å²) in [5.41, 5.74) is -1.90. The highest BCUT2D eigenvalue weighted by Crippen LogP contribution is 2.36. The number of aliphatic hydroxyl groups excluding tert-OH is 2. The first-order valence-corrected chi connectivity index (χ1v) is 9.87. The van der Waals surface area contributed by atoms with Crippen LogP contribution >= 0.6 is 11.8 Å². The molecule has 0 aromatic heterocycles. The molecule has 1 heterocycles. The van der Waals surface area contributed by atoms with Crippen LogP contribution in [-0.2, 0) is 23.9 Å². The van der Waals surface area contributed by atoms with E-state index in [0.29, 0.717) is 11.8 Å². The van der Waals surface area contributed by atoms with Gasteiger partial charge in [0.2, 0.25) is 16.9 Å². The molecule has 0 aromatic rings. The number of rotatable bonds is 9. The minimum absolute atomic E-state index is 0.0597. The van der Waals surface area contributed by atoms with E-state index in [4.69, 9.17) is 4.74 Å². The number of hydrogen-bond acceptors (Lipinski definition) is 8. The lowest BCUT2D eigenvalue weighted by atomic mass is 9.81. The van der Waals surface area contributed by atoms with Gasteiger partial charge in [-0.05, 0) is 5.92 Å². The molecule has 28 heavy (non-hydrogen) atoms. The second kappa shape index (κ2) is 10.0.